The van der Waals surface area contributed by atoms with Gasteiger partial charge in [0.25, 0.3) is 0 Å². The first-order valence-corrected chi connectivity index (χ1v) is 10.3. The zero-order valence-corrected chi connectivity index (χ0v) is 13.8. The minimum absolute atomic E-state index is 0.109. The van der Waals surface area contributed by atoms with Gasteiger partial charge < -0.3 is 5.11 Å². The third-order valence-corrected chi connectivity index (χ3v) is 8.05. The summed E-state index contributed by atoms with van der Waals surface area (Å²) < 4.78 is 23.6. The van der Waals surface area contributed by atoms with Crippen LogP contribution in [0.2, 0.25) is 0 Å². The lowest BCUT2D eigenvalue weighted by Gasteiger charge is -2.52. The summed E-state index contributed by atoms with van der Waals surface area (Å²) in [5.41, 5.74) is -0.818. The lowest BCUT2D eigenvalue weighted by atomic mass is 9.63. The molecule has 1 N–H and O–H groups in total. The Bertz CT molecular complexity index is 430. The second kappa shape index (κ2) is 5.23. The van der Waals surface area contributed by atoms with Crippen LogP contribution in [0.3, 0.4) is 0 Å². The maximum atomic E-state index is 11.8. The van der Waals surface area contributed by atoms with Crippen molar-refractivity contribution in [2.24, 2.45) is 11.3 Å². The summed E-state index contributed by atoms with van der Waals surface area (Å²) in [5.74, 6) is 1.97. The molecule has 1 saturated heterocycles. The summed E-state index contributed by atoms with van der Waals surface area (Å²) in [4.78, 5) is 0. The van der Waals surface area contributed by atoms with Crippen LogP contribution < -0.4 is 0 Å². The number of thioether (sulfide) groups is 1. The van der Waals surface area contributed by atoms with Gasteiger partial charge in [0.1, 0.15) is 9.84 Å². The van der Waals surface area contributed by atoms with Gasteiger partial charge in [-0.1, -0.05) is 20.3 Å². The monoisotopic (exact) mass is 306 g/mol. The Morgan fingerprint density at radius 3 is 2.53 bits per heavy atom. The summed E-state index contributed by atoms with van der Waals surface area (Å²) in [6.45, 7) is 4.27. The molecular weight excluding hydrogens is 280 g/mol. The minimum atomic E-state index is -2.98. The second-order valence-electron chi connectivity index (χ2n) is 6.93. The van der Waals surface area contributed by atoms with E-state index in [0.29, 0.717) is 6.42 Å². The van der Waals surface area contributed by atoms with E-state index in [-0.39, 0.29) is 16.6 Å². The van der Waals surface area contributed by atoms with Gasteiger partial charge in [-0.2, -0.15) is 11.8 Å². The molecule has 2 rings (SSSR count). The van der Waals surface area contributed by atoms with Crippen molar-refractivity contribution < 1.29 is 13.5 Å². The summed E-state index contributed by atoms with van der Waals surface area (Å²) in [5, 5.41) is 10.9. The number of hydrogen-bond acceptors (Lipinski definition) is 4. The topological polar surface area (TPSA) is 54.4 Å². The normalized spacial score (nSPS) is 40.0. The predicted molar refractivity (Wildman–Crippen MR) is 81.3 cm³/mol. The zero-order chi connectivity index (χ0) is 14.3. The van der Waals surface area contributed by atoms with Crippen molar-refractivity contribution in [3.8, 4) is 0 Å². The van der Waals surface area contributed by atoms with Crippen molar-refractivity contribution in [1.29, 1.82) is 0 Å². The van der Waals surface area contributed by atoms with E-state index in [2.05, 4.69) is 13.8 Å². The van der Waals surface area contributed by atoms with Gasteiger partial charge >= 0.3 is 0 Å². The van der Waals surface area contributed by atoms with E-state index in [1.165, 1.54) is 6.26 Å². The Morgan fingerprint density at radius 1 is 1.26 bits per heavy atom. The molecule has 0 aromatic carbocycles. The van der Waals surface area contributed by atoms with E-state index in [1.807, 2.05) is 11.8 Å². The molecule has 2 fully saturated rings. The standard InChI is InChI=1S/C14H26O3S2/c1-13(2)7-8-18-10-14(13,15)11-5-4-6-12(9-11)19(3,16)17/h11-12,15H,4-10H2,1-3H3. The van der Waals surface area contributed by atoms with E-state index in [4.69, 9.17) is 0 Å². The van der Waals surface area contributed by atoms with Crippen LogP contribution in [0.5, 0.6) is 0 Å². The van der Waals surface area contributed by atoms with E-state index in [9.17, 15) is 13.5 Å². The number of rotatable bonds is 2. The molecule has 1 aliphatic heterocycles. The summed E-state index contributed by atoms with van der Waals surface area (Å²) in [6, 6.07) is 0. The predicted octanol–water partition coefficient (Wildman–Crippen LogP) is 2.48. The SMILES string of the molecule is CC1(C)CCSCC1(O)C1CCCC(S(C)(=O)=O)C1. The van der Waals surface area contributed by atoms with Gasteiger partial charge in [0.05, 0.1) is 10.9 Å². The van der Waals surface area contributed by atoms with Gasteiger partial charge in [-0.05, 0) is 42.8 Å². The van der Waals surface area contributed by atoms with Crippen molar-refractivity contribution >= 4 is 21.6 Å². The molecule has 0 aromatic heterocycles. The first-order valence-electron chi connectivity index (χ1n) is 7.16. The van der Waals surface area contributed by atoms with Crippen LogP contribution in [-0.2, 0) is 9.84 Å². The highest BCUT2D eigenvalue weighted by atomic mass is 32.2. The molecule has 3 unspecified atom stereocenters. The first kappa shape index (κ1) is 15.6. The highest BCUT2D eigenvalue weighted by Crippen LogP contribution is 2.50. The summed E-state index contributed by atoms with van der Waals surface area (Å²) in [6.07, 6.45) is 5.63. The third-order valence-electron chi connectivity index (χ3n) is 5.27. The lowest BCUT2D eigenvalue weighted by Crippen LogP contribution is -2.56. The Kier molecular flexibility index (Phi) is 4.30. The van der Waals surface area contributed by atoms with E-state index in [1.54, 1.807) is 0 Å². The van der Waals surface area contributed by atoms with Crippen LogP contribution in [0.25, 0.3) is 0 Å². The van der Waals surface area contributed by atoms with E-state index >= 15 is 0 Å². The Balaban J connectivity index is 2.20. The molecule has 112 valence electrons. The molecule has 0 bridgehead atoms. The fraction of sp³-hybridized carbons (Fsp3) is 1.00. The molecular formula is C14H26O3S2. The molecule has 1 heterocycles. The van der Waals surface area contributed by atoms with Gasteiger partial charge in [-0.15, -0.1) is 0 Å². The molecule has 0 aromatic rings. The first-order chi connectivity index (χ1) is 8.67. The molecule has 0 amide bonds. The second-order valence-corrected chi connectivity index (χ2v) is 10.4. The van der Waals surface area contributed by atoms with Crippen LogP contribution in [0.4, 0.5) is 0 Å². The minimum Gasteiger partial charge on any atom is -0.388 e. The number of sulfone groups is 1. The Labute approximate surface area is 121 Å². The van der Waals surface area contributed by atoms with Crippen LogP contribution in [-0.4, -0.2) is 42.1 Å². The van der Waals surface area contributed by atoms with Crippen LogP contribution in [0.15, 0.2) is 0 Å². The average molecular weight is 306 g/mol. The molecule has 19 heavy (non-hydrogen) atoms. The summed E-state index contributed by atoms with van der Waals surface area (Å²) >= 11 is 1.81. The van der Waals surface area contributed by atoms with Gasteiger partial charge in [-0.25, -0.2) is 8.42 Å². The number of hydrogen-bond donors (Lipinski definition) is 1. The number of aliphatic hydroxyl groups is 1. The molecule has 1 saturated carbocycles. The maximum Gasteiger partial charge on any atom is 0.150 e. The largest absolute Gasteiger partial charge is 0.388 e. The maximum absolute atomic E-state index is 11.8. The zero-order valence-electron chi connectivity index (χ0n) is 12.2. The van der Waals surface area contributed by atoms with Crippen molar-refractivity contribution in [2.75, 3.05) is 17.8 Å². The highest BCUT2D eigenvalue weighted by molar-refractivity contribution is 7.99. The molecule has 5 heteroatoms. The quantitative estimate of drug-likeness (QED) is 0.851. The molecule has 0 radical (unpaired) electrons. The molecule has 3 nitrogen and oxygen atoms in total. The third kappa shape index (κ3) is 2.98. The van der Waals surface area contributed by atoms with Crippen molar-refractivity contribution in [2.45, 2.75) is 56.8 Å². The van der Waals surface area contributed by atoms with Crippen LogP contribution in [0, 0.1) is 11.3 Å². The van der Waals surface area contributed by atoms with Crippen molar-refractivity contribution in [1.82, 2.24) is 0 Å². The van der Waals surface area contributed by atoms with Gasteiger partial charge in [-0.3, -0.25) is 0 Å². The van der Waals surface area contributed by atoms with Crippen molar-refractivity contribution in [3.05, 3.63) is 0 Å². The Hall–Kier alpha value is 0.260. The fourth-order valence-corrected chi connectivity index (χ4v) is 6.52. The van der Waals surface area contributed by atoms with Crippen molar-refractivity contribution in [3.63, 3.8) is 0 Å². The van der Waals surface area contributed by atoms with Gasteiger partial charge in [0, 0.05) is 12.0 Å². The summed E-state index contributed by atoms with van der Waals surface area (Å²) in [7, 11) is -2.98. The van der Waals surface area contributed by atoms with E-state index in [0.717, 1.165) is 37.2 Å². The molecule has 2 aliphatic rings. The molecule has 3 atom stereocenters. The molecule has 0 spiro atoms. The lowest BCUT2D eigenvalue weighted by molar-refractivity contribution is -0.106. The average Bonchev–Trinajstić information content (AvgIpc) is 2.32. The highest BCUT2D eigenvalue weighted by Gasteiger charge is 2.52. The molecule has 1 aliphatic carbocycles. The Morgan fingerprint density at radius 2 is 1.95 bits per heavy atom. The smallest absolute Gasteiger partial charge is 0.150 e. The van der Waals surface area contributed by atoms with Crippen LogP contribution >= 0.6 is 11.8 Å². The van der Waals surface area contributed by atoms with E-state index < -0.39 is 15.4 Å². The van der Waals surface area contributed by atoms with Gasteiger partial charge in [0.2, 0.25) is 0 Å². The fourth-order valence-electron chi connectivity index (χ4n) is 3.60. The van der Waals surface area contributed by atoms with Gasteiger partial charge in [0.15, 0.2) is 0 Å². The van der Waals surface area contributed by atoms with Crippen LogP contribution in [0.1, 0.15) is 46.0 Å².